The fraction of sp³-hybridized carbons (Fsp3) is 0.333. The highest BCUT2D eigenvalue weighted by Crippen LogP contribution is 2.28. The van der Waals surface area contributed by atoms with E-state index in [1.54, 1.807) is 24.3 Å². The fourth-order valence-electron chi connectivity index (χ4n) is 2.96. The van der Waals surface area contributed by atoms with Crippen LogP contribution in [0.25, 0.3) is 0 Å². The molecule has 2 aromatic carbocycles. The maximum atomic E-state index is 12.5. The fourth-order valence-corrected chi connectivity index (χ4v) is 2.96. The average Bonchev–Trinajstić information content (AvgIpc) is 3.12. The second-order valence-corrected chi connectivity index (χ2v) is 6.49. The molecule has 1 atom stereocenters. The summed E-state index contributed by atoms with van der Waals surface area (Å²) in [7, 11) is 0. The highest BCUT2D eigenvalue weighted by atomic mass is 16.5. The number of fused-ring (bicyclic) bond motifs is 1. The zero-order chi connectivity index (χ0) is 19.1. The van der Waals surface area contributed by atoms with Gasteiger partial charge in [0, 0.05) is 30.8 Å². The normalized spacial score (nSPS) is 14.9. The van der Waals surface area contributed by atoms with Crippen LogP contribution < -0.4 is 20.7 Å². The van der Waals surface area contributed by atoms with Gasteiger partial charge in [0.15, 0.2) is 6.10 Å². The van der Waals surface area contributed by atoms with Crippen LogP contribution >= 0.6 is 0 Å². The Bertz CT molecular complexity index is 782. The molecular weight excluding hydrogens is 342 g/mol. The molecule has 2 amide bonds. The van der Waals surface area contributed by atoms with Gasteiger partial charge in [0.05, 0.1) is 0 Å². The molecule has 27 heavy (non-hydrogen) atoms. The second-order valence-electron chi connectivity index (χ2n) is 6.49. The van der Waals surface area contributed by atoms with Gasteiger partial charge in [-0.05, 0) is 42.8 Å². The number of ether oxygens (including phenoxy) is 1. The van der Waals surface area contributed by atoms with Crippen LogP contribution in [0.2, 0.25) is 0 Å². The number of carbonyl (C=O) groups excluding carboxylic acids is 2. The van der Waals surface area contributed by atoms with Gasteiger partial charge < -0.3 is 20.7 Å². The van der Waals surface area contributed by atoms with Crippen molar-refractivity contribution < 1.29 is 14.3 Å². The number of anilines is 1. The van der Waals surface area contributed by atoms with E-state index in [1.807, 2.05) is 24.3 Å². The van der Waals surface area contributed by atoms with Crippen LogP contribution in [0.4, 0.5) is 5.69 Å². The highest BCUT2D eigenvalue weighted by Gasteiger charge is 2.28. The van der Waals surface area contributed by atoms with Crippen molar-refractivity contribution in [3.63, 3.8) is 0 Å². The van der Waals surface area contributed by atoms with E-state index < -0.39 is 6.10 Å². The summed E-state index contributed by atoms with van der Waals surface area (Å²) in [6.45, 7) is 4.32. The third-order valence-electron chi connectivity index (χ3n) is 4.35. The number of amides is 2. The SMILES string of the molecule is CCCNCCNC(=O)c1cccc(NC(=O)C2Cc3ccccc3O2)c1. The topological polar surface area (TPSA) is 79.5 Å². The molecule has 0 bridgehead atoms. The molecule has 0 saturated carbocycles. The first kappa shape index (κ1) is 18.9. The Hall–Kier alpha value is -2.86. The van der Waals surface area contributed by atoms with Crippen LogP contribution in [0.3, 0.4) is 0 Å². The molecule has 142 valence electrons. The summed E-state index contributed by atoms with van der Waals surface area (Å²) in [5.74, 6) is 0.379. The van der Waals surface area contributed by atoms with E-state index in [0.29, 0.717) is 24.2 Å². The van der Waals surface area contributed by atoms with Gasteiger partial charge in [-0.15, -0.1) is 0 Å². The summed E-state index contributed by atoms with van der Waals surface area (Å²) in [6, 6.07) is 14.6. The standard InChI is InChI=1S/C21H25N3O3/c1-2-10-22-11-12-23-20(25)16-7-5-8-17(13-16)24-21(26)19-14-15-6-3-4-9-18(15)27-19/h3-9,13,19,22H,2,10-12,14H2,1H3,(H,23,25)(H,24,26). The molecule has 0 radical (unpaired) electrons. The molecule has 0 aliphatic carbocycles. The van der Waals surface area contributed by atoms with Crippen molar-refractivity contribution in [1.82, 2.24) is 10.6 Å². The molecule has 1 aliphatic heterocycles. The number of benzene rings is 2. The molecule has 0 aromatic heterocycles. The van der Waals surface area contributed by atoms with E-state index in [-0.39, 0.29) is 11.8 Å². The molecular formula is C21H25N3O3. The van der Waals surface area contributed by atoms with Crippen LogP contribution in [0, 0.1) is 0 Å². The van der Waals surface area contributed by atoms with E-state index in [2.05, 4.69) is 22.9 Å². The lowest BCUT2D eigenvalue weighted by molar-refractivity contribution is -0.122. The number of carbonyl (C=O) groups is 2. The van der Waals surface area contributed by atoms with Crippen molar-refractivity contribution in [2.24, 2.45) is 0 Å². The molecule has 3 rings (SSSR count). The Morgan fingerprint density at radius 3 is 2.74 bits per heavy atom. The van der Waals surface area contributed by atoms with Gasteiger partial charge in [-0.3, -0.25) is 9.59 Å². The highest BCUT2D eigenvalue weighted by molar-refractivity contribution is 5.98. The van der Waals surface area contributed by atoms with E-state index in [0.717, 1.165) is 30.8 Å². The molecule has 6 heteroatoms. The predicted octanol–water partition coefficient (Wildman–Crippen LogP) is 2.36. The van der Waals surface area contributed by atoms with Crippen LogP contribution in [0.15, 0.2) is 48.5 Å². The number of rotatable bonds is 8. The molecule has 6 nitrogen and oxygen atoms in total. The molecule has 0 fully saturated rings. The van der Waals surface area contributed by atoms with E-state index in [9.17, 15) is 9.59 Å². The van der Waals surface area contributed by atoms with Gasteiger partial charge in [-0.2, -0.15) is 0 Å². The number of nitrogens with one attached hydrogen (secondary N) is 3. The van der Waals surface area contributed by atoms with Gasteiger partial charge in [0.2, 0.25) is 0 Å². The van der Waals surface area contributed by atoms with Gasteiger partial charge in [0.25, 0.3) is 11.8 Å². The van der Waals surface area contributed by atoms with Crippen LogP contribution in [0.5, 0.6) is 5.75 Å². The Morgan fingerprint density at radius 1 is 1.07 bits per heavy atom. The van der Waals surface area contributed by atoms with Crippen LogP contribution in [-0.2, 0) is 11.2 Å². The predicted molar refractivity (Wildman–Crippen MR) is 105 cm³/mol. The minimum Gasteiger partial charge on any atom is -0.480 e. The third kappa shape index (κ3) is 5.08. The van der Waals surface area contributed by atoms with Crippen molar-refractivity contribution >= 4 is 17.5 Å². The summed E-state index contributed by atoms with van der Waals surface area (Å²) >= 11 is 0. The first-order valence-corrected chi connectivity index (χ1v) is 9.32. The number of hydrogen-bond acceptors (Lipinski definition) is 4. The Labute approximate surface area is 159 Å². The molecule has 3 N–H and O–H groups in total. The first-order valence-electron chi connectivity index (χ1n) is 9.32. The summed E-state index contributed by atoms with van der Waals surface area (Å²) in [6.07, 6.45) is 1.06. The summed E-state index contributed by atoms with van der Waals surface area (Å²) in [4.78, 5) is 24.7. The van der Waals surface area contributed by atoms with Crippen molar-refractivity contribution in [2.75, 3.05) is 25.0 Å². The molecule has 0 saturated heterocycles. The lowest BCUT2D eigenvalue weighted by Crippen LogP contribution is -2.32. The maximum Gasteiger partial charge on any atom is 0.265 e. The Kier molecular flexibility index (Phi) is 6.44. The van der Waals surface area contributed by atoms with Gasteiger partial charge >= 0.3 is 0 Å². The number of para-hydroxylation sites is 1. The van der Waals surface area contributed by atoms with Crippen molar-refractivity contribution in [2.45, 2.75) is 25.9 Å². The van der Waals surface area contributed by atoms with Crippen LogP contribution in [0.1, 0.15) is 29.3 Å². The van der Waals surface area contributed by atoms with Crippen molar-refractivity contribution in [3.05, 3.63) is 59.7 Å². The minimum atomic E-state index is -0.551. The summed E-state index contributed by atoms with van der Waals surface area (Å²) in [5, 5.41) is 8.94. The third-order valence-corrected chi connectivity index (χ3v) is 4.35. The van der Waals surface area contributed by atoms with E-state index in [1.165, 1.54) is 0 Å². The molecule has 1 unspecified atom stereocenters. The minimum absolute atomic E-state index is 0.158. The largest absolute Gasteiger partial charge is 0.480 e. The second kappa shape index (κ2) is 9.19. The van der Waals surface area contributed by atoms with Gasteiger partial charge in [-0.1, -0.05) is 31.2 Å². The monoisotopic (exact) mass is 367 g/mol. The van der Waals surface area contributed by atoms with Crippen molar-refractivity contribution in [1.29, 1.82) is 0 Å². The maximum absolute atomic E-state index is 12.5. The lowest BCUT2D eigenvalue weighted by Gasteiger charge is -2.12. The van der Waals surface area contributed by atoms with E-state index >= 15 is 0 Å². The number of hydrogen-bond donors (Lipinski definition) is 3. The molecule has 0 spiro atoms. The zero-order valence-electron chi connectivity index (χ0n) is 15.5. The quantitative estimate of drug-likeness (QED) is 0.626. The van der Waals surface area contributed by atoms with Crippen LogP contribution in [-0.4, -0.2) is 37.6 Å². The van der Waals surface area contributed by atoms with E-state index in [4.69, 9.17) is 4.74 Å². The smallest absolute Gasteiger partial charge is 0.265 e. The summed E-state index contributed by atoms with van der Waals surface area (Å²) < 4.78 is 5.71. The Balaban J connectivity index is 1.53. The first-order chi connectivity index (χ1) is 13.2. The van der Waals surface area contributed by atoms with Crippen molar-refractivity contribution in [3.8, 4) is 5.75 Å². The molecule has 1 heterocycles. The van der Waals surface area contributed by atoms with Gasteiger partial charge in [0.1, 0.15) is 5.75 Å². The molecule has 1 aliphatic rings. The zero-order valence-corrected chi connectivity index (χ0v) is 15.5. The van der Waals surface area contributed by atoms with Gasteiger partial charge in [-0.25, -0.2) is 0 Å². The average molecular weight is 367 g/mol. The summed E-state index contributed by atoms with van der Waals surface area (Å²) in [5.41, 5.74) is 2.12. The molecule has 2 aromatic rings. The lowest BCUT2D eigenvalue weighted by atomic mass is 10.1. The Morgan fingerprint density at radius 2 is 1.93 bits per heavy atom.